The molecule has 1 fully saturated rings. The van der Waals surface area contributed by atoms with Crippen molar-refractivity contribution in [2.45, 2.75) is 32.1 Å². The summed E-state index contributed by atoms with van der Waals surface area (Å²) in [6.45, 7) is 4.22. The first-order valence-corrected chi connectivity index (χ1v) is 6.81. The zero-order valence-corrected chi connectivity index (χ0v) is 11.4. The van der Waals surface area contributed by atoms with Crippen LogP contribution in [0.2, 0.25) is 0 Å². The summed E-state index contributed by atoms with van der Waals surface area (Å²) in [7, 11) is 0. The van der Waals surface area contributed by atoms with Gasteiger partial charge in [0.25, 0.3) is 0 Å². The van der Waals surface area contributed by atoms with Crippen molar-refractivity contribution >= 4 is 5.78 Å². The van der Waals surface area contributed by atoms with Crippen LogP contribution in [-0.2, 0) is 10.2 Å². The number of hydrogen-bond donors (Lipinski definition) is 0. The van der Waals surface area contributed by atoms with E-state index < -0.39 is 0 Å². The lowest BCUT2D eigenvalue weighted by Gasteiger charge is -2.41. The molecule has 1 atom stereocenters. The van der Waals surface area contributed by atoms with Gasteiger partial charge in [0.2, 0.25) is 0 Å². The summed E-state index contributed by atoms with van der Waals surface area (Å²) in [5.41, 5.74) is 4.43. The molecule has 1 unspecified atom stereocenters. The van der Waals surface area contributed by atoms with Crippen LogP contribution in [0.25, 0.3) is 0 Å². The molecule has 0 spiro atoms. The first-order chi connectivity index (χ1) is 9.14. The predicted molar refractivity (Wildman–Crippen MR) is 77.4 cm³/mol. The largest absolute Gasteiger partial charge is 0.298 e. The van der Waals surface area contributed by atoms with E-state index >= 15 is 0 Å². The Bertz CT molecular complexity index is 627. The summed E-state index contributed by atoms with van der Waals surface area (Å²) in [5, 5.41) is 0. The molecule has 1 saturated carbocycles. The molecule has 96 valence electrons. The van der Waals surface area contributed by atoms with Crippen molar-refractivity contribution in [1.29, 1.82) is 0 Å². The normalized spacial score (nSPS) is 22.1. The fraction of sp³-hybridized carbons (Fsp3) is 0.278. The molecule has 0 saturated heterocycles. The Morgan fingerprint density at radius 2 is 1.63 bits per heavy atom. The number of Topliss-reactive ketones (excluding diaryl/α,β-unsaturated/α-hetero) is 1. The predicted octanol–water partition coefficient (Wildman–Crippen LogP) is 3.95. The second kappa shape index (κ2) is 4.34. The van der Waals surface area contributed by atoms with Gasteiger partial charge in [0, 0.05) is 6.42 Å². The standard InChI is InChI=1S/C18H18O/c1-13-8-9-16(12-14(13)2)18(11-10-17(18)19)15-6-4-3-5-7-15/h3-9,12H,10-11H2,1-2H3. The van der Waals surface area contributed by atoms with Crippen LogP contribution in [0, 0.1) is 13.8 Å². The Labute approximate surface area is 114 Å². The van der Waals surface area contributed by atoms with Gasteiger partial charge in [-0.05, 0) is 42.5 Å². The van der Waals surface area contributed by atoms with Gasteiger partial charge in [-0.1, -0.05) is 48.5 Å². The Morgan fingerprint density at radius 3 is 2.16 bits per heavy atom. The van der Waals surface area contributed by atoms with Crippen molar-refractivity contribution in [3.05, 3.63) is 70.8 Å². The van der Waals surface area contributed by atoms with Gasteiger partial charge in [0.15, 0.2) is 0 Å². The van der Waals surface area contributed by atoms with Crippen molar-refractivity contribution in [3.8, 4) is 0 Å². The molecule has 0 aromatic heterocycles. The summed E-state index contributed by atoms with van der Waals surface area (Å²) in [6.07, 6.45) is 1.63. The smallest absolute Gasteiger partial charge is 0.147 e. The first-order valence-electron chi connectivity index (χ1n) is 6.81. The fourth-order valence-corrected chi connectivity index (χ4v) is 2.98. The average molecular weight is 250 g/mol. The van der Waals surface area contributed by atoms with Crippen molar-refractivity contribution in [2.75, 3.05) is 0 Å². The van der Waals surface area contributed by atoms with E-state index in [4.69, 9.17) is 0 Å². The third kappa shape index (κ3) is 1.73. The van der Waals surface area contributed by atoms with Crippen LogP contribution in [0.15, 0.2) is 48.5 Å². The van der Waals surface area contributed by atoms with E-state index in [1.54, 1.807) is 0 Å². The zero-order chi connectivity index (χ0) is 13.5. The minimum absolute atomic E-state index is 0.349. The van der Waals surface area contributed by atoms with Crippen LogP contribution in [0.5, 0.6) is 0 Å². The number of carbonyl (C=O) groups excluding carboxylic acids is 1. The lowest BCUT2D eigenvalue weighted by atomic mass is 9.59. The Kier molecular flexibility index (Phi) is 2.78. The van der Waals surface area contributed by atoms with E-state index in [1.165, 1.54) is 11.1 Å². The molecule has 2 aromatic rings. The quantitative estimate of drug-likeness (QED) is 0.788. The maximum absolute atomic E-state index is 12.3. The van der Waals surface area contributed by atoms with E-state index in [0.29, 0.717) is 12.2 Å². The molecule has 0 N–H and O–H groups in total. The average Bonchev–Trinajstić information content (AvgIpc) is 2.43. The molecule has 0 radical (unpaired) electrons. The van der Waals surface area contributed by atoms with Crippen LogP contribution in [0.4, 0.5) is 0 Å². The summed E-state index contributed by atoms with van der Waals surface area (Å²) in [5.74, 6) is 0.349. The molecule has 2 aromatic carbocycles. The van der Waals surface area contributed by atoms with Gasteiger partial charge >= 0.3 is 0 Å². The number of rotatable bonds is 2. The van der Waals surface area contributed by atoms with Gasteiger partial charge < -0.3 is 0 Å². The third-order valence-electron chi connectivity index (χ3n) is 4.47. The van der Waals surface area contributed by atoms with E-state index in [1.807, 2.05) is 18.2 Å². The van der Waals surface area contributed by atoms with E-state index in [0.717, 1.165) is 17.5 Å². The highest BCUT2D eigenvalue weighted by atomic mass is 16.1. The number of hydrogen-bond acceptors (Lipinski definition) is 1. The Balaban J connectivity index is 2.17. The highest BCUT2D eigenvalue weighted by molar-refractivity contribution is 5.99. The minimum Gasteiger partial charge on any atom is -0.298 e. The van der Waals surface area contributed by atoms with Crippen molar-refractivity contribution < 1.29 is 4.79 Å². The summed E-state index contributed by atoms with van der Waals surface area (Å²) in [6, 6.07) is 16.6. The highest BCUT2D eigenvalue weighted by Crippen LogP contribution is 2.46. The molecule has 3 rings (SSSR count). The SMILES string of the molecule is Cc1ccc(C2(c3ccccc3)CCC2=O)cc1C. The molecule has 1 nitrogen and oxygen atoms in total. The molecule has 1 aliphatic carbocycles. The lowest BCUT2D eigenvalue weighted by Crippen LogP contribution is -2.46. The van der Waals surface area contributed by atoms with Crippen LogP contribution < -0.4 is 0 Å². The molecule has 0 bridgehead atoms. The van der Waals surface area contributed by atoms with Gasteiger partial charge in [-0.25, -0.2) is 0 Å². The van der Waals surface area contributed by atoms with Crippen LogP contribution in [0.1, 0.15) is 35.1 Å². The summed E-state index contributed by atoms with van der Waals surface area (Å²) < 4.78 is 0. The zero-order valence-electron chi connectivity index (χ0n) is 11.4. The summed E-state index contributed by atoms with van der Waals surface area (Å²) in [4.78, 5) is 12.3. The lowest BCUT2D eigenvalue weighted by molar-refractivity contribution is -0.129. The first kappa shape index (κ1) is 12.2. The fourth-order valence-electron chi connectivity index (χ4n) is 2.98. The number of ketones is 1. The number of aryl methyl sites for hydroxylation is 2. The van der Waals surface area contributed by atoms with E-state index in [9.17, 15) is 4.79 Å². The Hall–Kier alpha value is -1.89. The van der Waals surface area contributed by atoms with Gasteiger partial charge in [-0.15, -0.1) is 0 Å². The summed E-state index contributed by atoms with van der Waals surface area (Å²) >= 11 is 0. The van der Waals surface area contributed by atoms with Gasteiger partial charge in [0.1, 0.15) is 5.78 Å². The molecule has 19 heavy (non-hydrogen) atoms. The van der Waals surface area contributed by atoms with Crippen molar-refractivity contribution in [2.24, 2.45) is 0 Å². The number of carbonyl (C=O) groups is 1. The van der Waals surface area contributed by atoms with Crippen molar-refractivity contribution in [3.63, 3.8) is 0 Å². The van der Waals surface area contributed by atoms with Gasteiger partial charge in [-0.2, -0.15) is 0 Å². The minimum atomic E-state index is -0.389. The topological polar surface area (TPSA) is 17.1 Å². The molecule has 0 aliphatic heterocycles. The maximum atomic E-state index is 12.3. The van der Waals surface area contributed by atoms with Crippen molar-refractivity contribution in [1.82, 2.24) is 0 Å². The van der Waals surface area contributed by atoms with Gasteiger partial charge in [0.05, 0.1) is 5.41 Å². The molecule has 1 heteroatoms. The molecule has 0 heterocycles. The molecular weight excluding hydrogens is 232 g/mol. The monoisotopic (exact) mass is 250 g/mol. The number of benzene rings is 2. The third-order valence-corrected chi connectivity index (χ3v) is 4.47. The second-order valence-electron chi connectivity index (χ2n) is 5.49. The molecular formula is C18H18O. The highest BCUT2D eigenvalue weighted by Gasteiger charge is 2.48. The Morgan fingerprint density at radius 1 is 0.895 bits per heavy atom. The van der Waals surface area contributed by atoms with Crippen LogP contribution in [-0.4, -0.2) is 5.78 Å². The van der Waals surface area contributed by atoms with Crippen LogP contribution in [0.3, 0.4) is 0 Å². The maximum Gasteiger partial charge on any atom is 0.147 e. The van der Waals surface area contributed by atoms with Gasteiger partial charge in [-0.3, -0.25) is 4.79 Å². The molecule has 0 amide bonds. The second-order valence-corrected chi connectivity index (χ2v) is 5.49. The van der Waals surface area contributed by atoms with E-state index in [2.05, 4.69) is 44.2 Å². The molecule has 1 aliphatic rings. The van der Waals surface area contributed by atoms with E-state index in [-0.39, 0.29) is 5.41 Å². The van der Waals surface area contributed by atoms with Crippen LogP contribution >= 0.6 is 0 Å².